The molecule has 6 heteroatoms. The normalized spacial score (nSPS) is 18.2. The summed E-state index contributed by atoms with van der Waals surface area (Å²) in [7, 11) is 0. The van der Waals surface area contributed by atoms with E-state index in [1.165, 1.54) is 0 Å². The molecule has 3 rings (SSSR count). The molecule has 1 saturated heterocycles. The topological polar surface area (TPSA) is 74.8 Å². The van der Waals surface area contributed by atoms with Gasteiger partial charge in [0.1, 0.15) is 5.69 Å². The van der Waals surface area contributed by atoms with E-state index in [0.29, 0.717) is 5.92 Å². The van der Waals surface area contributed by atoms with Crippen LogP contribution < -0.4 is 0 Å². The first-order valence-corrected chi connectivity index (χ1v) is 8.45. The number of amides is 1. The van der Waals surface area contributed by atoms with Crippen molar-refractivity contribution in [1.29, 1.82) is 0 Å². The van der Waals surface area contributed by atoms with Crippen LogP contribution in [0.4, 0.5) is 0 Å². The fraction of sp³-hybridized carbons (Fsp3) is 0.556. The summed E-state index contributed by atoms with van der Waals surface area (Å²) in [6, 6.07) is 0. The van der Waals surface area contributed by atoms with E-state index in [1.807, 2.05) is 38.8 Å². The number of nitrogens with one attached hydrogen (secondary N) is 1. The molecule has 1 aliphatic rings. The lowest BCUT2D eigenvalue weighted by Gasteiger charge is -2.25. The lowest BCUT2D eigenvalue weighted by atomic mass is 9.95. The van der Waals surface area contributed by atoms with Crippen LogP contribution in [0.5, 0.6) is 0 Å². The first-order valence-electron chi connectivity index (χ1n) is 8.45. The van der Waals surface area contributed by atoms with Crippen molar-refractivity contribution in [3.8, 4) is 11.5 Å². The number of aromatic nitrogens is 4. The van der Waals surface area contributed by atoms with Crippen LogP contribution in [-0.2, 0) is 11.2 Å². The van der Waals surface area contributed by atoms with Crippen molar-refractivity contribution in [2.24, 2.45) is 11.3 Å². The number of rotatable bonds is 3. The Morgan fingerprint density at radius 1 is 1.25 bits per heavy atom. The maximum Gasteiger partial charge on any atom is 0.227 e. The van der Waals surface area contributed by atoms with Gasteiger partial charge < -0.3 is 9.88 Å². The number of imidazole rings is 1. The fourth-order valence-electron chi connectivity index (χ4n) is 3.08. The van der Waals surface area contributed by atoms with E-state index >= 15 is 0 Å². The average molecular weight is 327 g/mol. The SMILES string of the molecule is Cc1cnc(-c2cnc(C[C@@H]3CCN(C(=O)C(C)(C)C)C3)cn2)[nH]1. The minimum absolute atomic E-state index is 0.236. The predicted molar refractivity (Wildman–Crippen MR) is 92.2 cm³/mol. The molecule has 2 aromatic rings. The van der Waals surface area contributed by atoms with E-state index in [4.69, 9.17) is 0 Å². The third kappa shape index (κ3) is 3.63. The smallest absolute Gasteiger partial charge is 0.227 e. The molecule has 0 bridgehead atoms. The molecule has 6 nitrogen and oxygen atoms in total. The van der Waals surface area contributed by atoms with E-state index in [2.05, 4.69) is 19.9 Å². The summed E-state index contributed by atoms with van der Waals surface area (Å²) in [5, 5.41) is 0. The first-order chi connectivity index (χ1) is 11.3. The summed E-state index contributed by atoms with van der Waals surface area (Å²) in [6.07, 6.45) is 7.26. The van der Waals surface area contributed by atoms with Gasteiger partial charge in [-0.3, -0.25) is 9.78 Å². The van der Waals surface area contributed by atoms with E-state index in [9.17, 15) is 4.79 Å². The van der Waals surface area contributed by atoms with Crippen LogP contribution in [0.1, 0.15) is 38.6 Å². The zero-order valence-electron chi connectivity index (χ0n) is 14.8. The van der Waals surface area contributed by atoms with Crippen LogP contribution in [0.2, 0.25) is 0 Å². The lowest BCUT2D eigenvalue weighted by Crippen LogP contribution is -2.38. The van der Waals surface area contributed by atoms with Crippen molar-refractivity contribution in [3.63, 3.8) is 0 Å². The van der Waals surface area contributed by atoms with Crippen molar-refractivity contribution in [2.75, 3.05) is 13.1 Å². The fourth-order valence-corrected chi connectivity index (χ4v) is 3.08. The molecule has 0 aromatic carbocycles. The van der Waals surface area contributed by atoms with Gasteiger partial charge in [-0.1, -0.05) is 20.8 Å². The highest BCUT2D eigenvalue weighted by Crippen LogP contribution is 2.25. The van der Waals surface area contributed by atoms with E-state index in [0.717, 1.165) is 48.8 Å². The quantitative estimate of drug-likeness (QED) is 0.940. The van der Waals surface area contributed by atoms with Crippen LogP contribution >= 0.6 is 0 Å². The third-order valence-electron chi connectivity index (χ3n) is 4.36. The Bertz CT molecular complexity index is 714. The highest BCUT2D eigenvalue weighted by molar-refractivity contribution is 5.81. The number of aryl methyl sites for hydroxylation is 1. The molecular formula is C18H25N5O. The predicted octanol–water partition coefficient (Wildman–Crippen LogP) is 2.61. The summed E-state index contributed by atoms with van der Waals surface area (Å²) >= 11 is 0. The second-order valence-corrected chi connectivity index (χ2v) is 7.67. The van der Waals surface area contributed by atoms with Crippen LogP contribution in [0.25, 0.3) is 11.5 Å². The molecule has 0 aliphatic carbocycles. The van der Waals surface area contributed by atoms with Crippen molar-refractivity contribution in [2.45, 2.75) is 40.5 Å². The Hall–Kier alpha value is -2.24. The van der Waals surface area contributed by atoms with Gasteiger partial charge in [0.2, 0.25) is 5.91 Å². The van der Waals surface area contributed by atoms with Crippen molar-refractivity contribution < 1.29 is 4.79 Å². The number of hydrogen-bond acceptors (Lipinski definition) is 4. The molecule has 24 heavy (non-hydrogen) atoms. The molecule has 128 valence electrons. The molecule has 3 heterocycles. The van der Waals surface area contributed by atoms with Crippen LogP contribution in [0.15, 0.2) is 18.6 Å². The number of hydrogen-bond donors (Lipinski definition) is 1. The second-order valence-electron chi connectivity index (χ2n) is 7.67. The van der Waals surface area contributed by atoms with Gasteiger partial charge in [-0.15, -0.1) is 0 Å². The standard InChI is InChI=1S/C18H25N5O/c1-12-8-21-16(22-12)15-10-19-14(9-20-15)7-13-5-6-23(11-13)17(24)18(2,3)4/h8-10,13H,5-7,11H2,1-4H3,(H,21,22)/t13-/m0/s1. The number of likely N-dealkylation sites (tertiary alicyclic amines) is 1. The van der Waals surface area contributed by atoms with Crippen molar-refractivity contribution >= 4 is 5.91 Å². The van der Waals surface area contributed by atoms with Crippen LogP contribution in [-0.4, -0.2) is 43.8 Å². The highest BCUT2D eigenvalue weighted by Gasteiger charge is 2.32. The van der Waals surface area contributed by atoms with E-state index in [1.54, 1.807) is 12.4 Å². The number of H-pyrrole nitrogens is 1. The van der Waals surface area contributed by atoms with Gasteiger partial charge in [0.05, 0.1) is 11.9 Å². The molecule has 1 aliphatic heterocycles. The Labute approximate surface area is 142 Å². The van der Waals surface area contributed by atoms with Crippen molar-refractivity contribution in [3.05, 3.63) is 30.0 Å². The summed E-state index contributed by atoms with van der Waals surface area (Å²) in [6.45, 7) is 9.55. The van der Waals surface area contributed by atoms with E-state index < -0.39 is 0 Å². The Morgan fingerprint density at radius 3 is 2.62 bits per heavy atom. The molecular weight excluding hydrogens is 302 g/mol. The van der Waals surface area contributed by atoms with Gasteiger partial charge in [-0.05, 0) is 25.7 Å². The monoisotopic (exact) mass is 327 g/mol. The van der Waals surface area contributed by atoms with Crippen LogP contribution in [0, 0.1) is 18.3 Å². The van der Waals surface area contributed by atoms with Gasteiger partial charge in [-0.2, -0.15) is 0 Å². The number of aromatic amines is 1. The summed E-state index contributed by atoms with van der Waals surface area (Å²) < 4.78 is 0. The number of nitrogens with zero attached hydrogens (tertiary/aromatic N) is 4. The molecule has 0 radical (unpaired) electrons. The zero-order chi connectivity index (χ0) is 17.3. The van der Waals surface area contributed by atoms with Gasteiger partial charge in [0, 0.05) is 36.6 Å². The molecule has 0 saturated carbocycles. The maximum atomic E-state index is 12.4. The average Bonchev–Trinajstić information content (AvgIpc) is 3.15. The largest absolute Gasteiger partial charge is 0.342 e. The number of carbonyl (C=O) groups is 1. The summed E-state index contributed by atoms with van der Waals surface area (Å²) in [4.78, 5) is 30.8. The molecule has 0 unspecified atom stereocenters. The minimum atomic E-state index is -0.308. The Kier molecular flexibility index (Phi) is 4.39. The van der Waals surface area contributed by atoms with Gasteiger partial charge in [0.25, 0.3) is 0 Å². The van der Waals surface area contributed by atoms with Gasteiger partial charge >= 0.3 is 0 Å². The first kappa shape index (κ1) is 16.6. The number of carbonyl (C=O) groups excluding carboxylic acids is 1. The maximum absolute atomic E-state index is 12.4. The molecule has 1 fully saturated rings. The van der Waals surface area contributed by atoms with Crippen molar-refractivity contribution in [1.82, 2.24) is 24.8 Å². The third-order valence-corrected chi connectivity index (χ3v) is 4.36. The molecule has 1 amide bonds. The minimum Gasteiger partial charge on any atom is -0.342 e. The highest BCUT2D eigenvalue weighted by atomic mass is 16.2. The molecule has 1 N–H and O–H groups in total. The zero-order valence-corrected chi connectivity index (χ0v) is 14.8. The Balaban J connectivity index is 1.60. The summed E-state index contributed by atoms with van der Waals surface area (Å²) in [5.74, 6) is 1.44. The Morgan fingerprint density at radius 2 is 2.04 bits per heavy atom. The second kappa shape index (κ2) is 6.34. The summed E-state index contributed by atoms with van der Waals surface area (Å²) in [5.41, 5.74) is 2.42. The lowest BCUT2D eigenvalue weighted by molar-refractivity contribution is -0.138. The molecule has 0 spiro atoms. The molecule has 2 aromatic heterocycles. The van der Waals surface area contributed by atoms with E-state index in [-0.39, 0.29) is 11.3 Å². The van der Waals surface area contributed by atoms with Gasteiger partial charge in [-0.25, -0.2) is 9.97 Å². The van der Waals surface area contributed by atoms with Crippen LogP contribution in [0.3, 0.4) is 0 Å². The van der Waals surface area contributed by atoms with Gasteiger partial charge in [0.15, 0.2) is 5.82 Å². The molecule has 1 atom stereocenters.